The Morgan fingerprint density at radius 1 is 0.824 bits per heavy atom. The first-order valence-electron chi connectivity index (χ1n) is 11.2. The first-order chi connectivity index (χ1) is 16.3. The number of nitrogens with one attached hydrogen (secondary N) is 3. The van der Waals surface area contributed by atoms with Crippen molar-refractivity contribution in [2.75, 3.05) is 24.2 Å². The molecule has 0 bridgehead atoms. The van der Waals surface area contributed by atoms with Gasteiger partial charge in [-0.3, -0.25) is 14.4 Å². The van der Waals surface area contributed by atoms with E-state index in [-0.39, 0.29) is 30.3 Å². The van der Waals surface area contributed by atoms with E-state index in [1.165, 1.54) is 0 Å². The summed E-state index contributed by atoms with van der Waals surface area (Å²) in [4.78, 5) is 39.1. The lowest BCUT2D eigenvalue weighted by atomic mass is 10.1. The van der Waals surface area contributed by atoms with E-state index in [0.717, 1.165) is 5.56 Å². The molecule has 3 amide bonds. The summed E-state index contributed by atoms with van der Waals surface area (Å²) in [5.74, 6) is -0.560. The third kappa shape index (κ3) is 7.20. The Morgan fingerprint density at radius 3 is 2.18 bits per heavy atom. The van der Waals surface area contributed by atoms with Crippen molar-refractivity contribution in [1.82, 2.24) is 10.2 Å². The molecule has 0 radical (unpaired) electrons. The molecular weight excluding hydrogens is 428 g/mol. The van der Waals surface area contributed by atoms with E-state index in [1.54, 1.807) is 60.5 Å². The molecule has 0 saturated heterocycles. The SMILES string of the molecule is CC(C)NC(=O)c1cccc(NC(=O)CNc2cccc(C(=O)N(C)Cc3ccccc3)c2)c1. The van der Waals surface area contributed by atoms with Gasteiger partial charge in [-0.05, 0) is 55.8 Å². The van der Waals surface area contributed by atoms with E-state index in [0.29, 0.717) is 29.0 Å². The Balaban J connectivity index is 1.56. The summed E-state index contributed by atoms with van der Waals surface area (Å²) >= 11 is 0. The van der Waals surface area contributed by atoms with Crippen LogP contribution in [0.5, 0.6) is 0 Å². The first kappa shape index (κ1) is 24.5. The van der Waals surface area contributed by atoms with Crippen molar-refractivity contribution in [1.29, 1.82) is 0 Å². The normalized spacial score (nSPS) is 10.5. The maximum absolute atomic E-state index is 12.8. The first-order valence-corrected chi connectivity index (χ1v) is 11.2. The van der Waals surface area contributed by atoms with Gasteiger partial charge in [-0.2, -0.15) is 0 Å². The number of carbonyl (C=O) groups is 3. The largest absolute Gasteiger partial charge is 0.376 e. The van der Waals surface area contributed by atoms with Gasteiger partial charge >= 0.3 is 0 Å². The van der Waals surface area contributed by atoms with Crippen LogP contribution in [-0.2, 0) is 11.3 Å². The van der Waals surface area contributed by atoms with E-state index in [4.69, 9.17) is 0 Å². The lowest BCUT2D eigenvalue weighted by Gasteiger charge is -2.18. The number of hydrogen-bond donors (Lipinski definition) is 3. The number of benzene rings is 3. The Morgan fingerprint density at radius 2 is 1.47 bits per heavy atom. The monoisotopic (exact) mass is 458 g/mol. The number of amides is 3. The van der Waals surface area contributed by atoms with Crippen LogP contribution in [0, 0.1) is 0 Å². The predicted octanol–water partition coefficient (Wildman–Crippen LogP) is 4.15. The molecular formula is C27H30N4O3. The predicted molar refractivity (Wildman–Crippen MR) is 135 cm³/mol. The lowest BCUT2D eigenvalue weighted by molar-refractivity contribution is -0.114. The third-order valence-corrected chi connectivity index (χ3v) is 5.00. The van der Waals surface area contributed by atoms with E-state index in [2.05, 4.69) is 16.0 Å². The molecule has 0 heterocycles. The number of anilines is 2. The standard InChI is InChI=1S/C27H30N4O3/c1-19(2)29-26(33)21-11-7-14-24(15-21)30-25(32)17-28-23-13-8-12-22(16-23)27(34)31(3)18-20-9-5-4-6-10-20/h4-16,19,28H,17-18H2,1-3H3,(H,29,33)(H,30,32). The summed E-state index contributed by atoms with van der Waals surface area (Å²) in [5.41, 5.74) is 3.27. The minimum absolute atomic E-state index is 0.0138. The second-order valence-corrected chi connectivity index (χ2v) is 8.34. The molecule has 0 aliphatic rings. The molecule has 0 saturated carbocycles. The highest BCUT2D eigenvalue weighted by atomic mass is 16.2. The van der Waals surface area contributed by atoms with Gasteiger partial charge in [-0.25, -0.2) is 0 Å². The number of rotatable bonds is 9. The van der Waals surface area contributed by atoms with Crippen molar-refractivity contribution in [3.05, 3.63) is 95.6 Å². The molecule has 3 N–H and O–H groups in total. The zero-order chi connectivity index (χ0) is 24.5. The van der Waals surface area contributed by atoms with Crippen LogP contribution in [0.2, 0.25) is 0 Å². The minimum atomic E-state index is -0.264. The van der Waals surface area contributed by atoms with E-state index in [9.17, 15) is 14.4 Å². The van der Waals surface area contributed by atoms with E-state index < -0.39 is 0 Å². The fourth-order valence-corrected chi connectivity index (χ4v) is 3.38. The van der Waals surface area contributed by atoms with Gasteiger partial charge in [-0.1, -0.05) is 42.5 Å². The van der Waals surface area contributed by atoms with Crippen molar-refractivity contribution >= 4 is 29.1 Å². The van der Waals surface area contributed by atoms with Crippen molar-refractivity contribution in [2.24, 2.45) is 0 Å². The molecule has 34 heavy (non-hydrogen) atoms. The van der Waals surface area contributed by atoms with Gasteiger partial charge in [0, 0.05) is 42.1 Å². The van der Waals surface area contributed by atoms with Crippen LogP contribution >= 0.6 is 0 Å². The minimum Gasteiger partial charge on any atom is -0.376 e. The Kier molecular flexibility index (Phi) is 8.40. The van der Waals surface area contributed by atoms with Gasteiger partial charge in [0.2, 0.25) is 5.91 Å². The van der Waals surface area contributed by atoms with Crippen molar-refractivity contribution < 1.29 is 14.4 Å². The fourth-order valence-electron chi connectivity index (χ4n) is 3.38. The maximum atomic E-state index is 12.8. The second kappa shape index (κ2) is 11.7. The van der Waals surface area contributed by atoms with Gasteiger partial charge in [0.1, 0.15) is 0 Å². The molecule has 3 aromatic carbocycles. The highest BCUT2D eigenvalue weighted by molar-refractivity contribution is 5.98. The molecule has 0 atom stereocenters. The van der Waals surface area contributed by atoms with Crippen molar-refractivity contribution in [3.63, 3.8) is 0 Å². The maximum Gasteiger partial charge on any atom is 0.253 e. The molecule has 3 aromatic rings. The average Bonchev–Trinajstić information content (AvgIpc) is 2.83. The Hall–Kier alpha value is -4.13. The Bertz CT molecular complexity index is 1150. The summed E-state index contributed by atoms with van der Waals surface area (Å²) in [6.45, 7) is 4.30. The molecule has 0 unspecified atom stereocenters. The molecule has 3 rings (SSSR count). The number of carbonyl (C=O) groups excluding carboxylic acids is 3. The van der Waals surface area contributed by atoms with E-state index >= 15 is 0 Å². The topological polar surface area (TPSA) is 90.5 Å². The van der Waals surface area contributed by atoms with Gasteiger partial charge in [0.05, 0.1) is 6.54 Å². The van der Waals surface area contributed by atoms with Crippen LogP contribution in [0.1, 0.15) is 40.1 Å². The molecule has 0 aliphatic heterocycles. The van der Waals surface area contributed by atoms with Crippen LogP contribution in [-0.4, -0.2) is 42.3 Å². The van der Waals surface area contributed by atoms with Crippen LogP contribution in [0.15, 0.2) is 78.9 Å². The summed E-state index contributed by atoms with van der Waals surface area (Å²) in [6, 6.07) is 23.7. The van der Waals surface area contributed by atoms with Crippen LogP contribution in [0.25, 0.3) is 0 Å². The highest BCUT2D eigenvalue weighted by Gasteiger charge is 2.13. The molecule has 0 aromatic heterocycles. The van der Waals surface area contributed by atoms with Gasteiger partial charge in [0.15, 0.2) is 0 Å². The summed E-state index contributed by atoms with van der Waals surface area (Å²) < 4.78 is 0. The molecule has 0 spiro atoms. The van der Waals surface area contributed by atoms with Gasteiger partial charge in [-0.15, -0.1) is 0 Å². The molecule has 7 heteroatoms. The molecule has 7 nitrogen and oxygen atoms in total. The van der Waals surface area contributed by atoms with Crippen molar-refractivity contribution in [2.45, 2.75) is 26.4 Å². The van der Waals surface area contributed by atoms with Gasteiger partial charge in [0.25, 0.3) is 11.8 Å². The molecule has 176 valence electrons. The van der Waals surface area contributed by atoms with Crippen molar-refractivity contribution in [3.8, 4) is 0 Å². The third-order valence-electron chi connectivity index (χ3n) is 5.00. The zero-order valence-electron chi connectivity index (χ0n) is 19.7. The van der Waals surface area contributed by atoms with E-state index in [1.807, 2.05) is 44.2 Å². The lowest BCUT2D eigenvalue weighted by Crippen LogP contribution is -2.30. The fraction of sp³-hybridized carbons (Fsp3) is 0.222. The quantitative estimate of drug-likeness (QED) is 0.449. The summed E-state index contributed by atoms with van der Waals surface area (Å²) in [6.07, 6.45) is 0. The summed E-state index contributed by atoms with van der Waals surface area (Å²) in [5, 5.41) is 8.66. The molecule has 0 aliphatic carbocycles. The van der Waals surface area contributed by atoms with Gasteiger partial charge < -0.3 is 20.9 Å². The average molecular weight is 459 g/mol. The Labute approximate surface area is 200 Å². The highest BCUT2D eigenvalue weighted by Crippen LogP contribution is 2.15. The molecule has 0 fully saturated rings. The summed E-state index contributed by atoms with van der Waals surface area (Å²) in [7, 11) is 1.76. The van der Waals surface area contributed by atoms with Crippen LogP contribution < -0.4 is 16.0 Å². The second-order valence-electron chi connectivity index (χ2n) is 8.34. The number of nitrogens with zero attached hydrogens (tertiary/aromatic N) is 1. The number of hydrogen-bond acceptors (Lipinski definition) is 4. The smallest absolute Gasteiger partial charge is 0.253 e. The van der Waals surface area contributed by atoms with Crippen LogP contribution in [0.4, 0.5) is 11.4 Å². The van der Waals surface area contributed by atoms with Crippen LogP contribution in [0.3, 0.4) is 0 Å². The zero-order valence-corrected chi connectivity index (χ0v) is 19.7.